The molecule has 98 valence electrons. The summed E-state index contributed by atoms with van der Waals surface area (Å²) in [5, 5.41) is 12.5. The smallest absolute Gasteiger partial charge is 0.113 e. The molecule has 0 aliphatic heterocycles. The van der Waals surface area contributed by atoms with Gasteiger partial charge < -0.3 is 0 Å². The van der Waals surface area contributed by atoms with E-state index in [0.717, 1.165) is 16.6 Å². The van der Waals surface area contributed by atoms with E-state index < -0.39 is 0 Å². The molecule has 0 N–H and O–H groups in total. The standard InChI is InChI=1S/C13H9ClN6/c14-10-5-6-11(16-18-15)9(7-10)8-20-13-4-2-1-3-12(13)17-19-20/h1-7H,8H2. The van der Waals surface area contributed by atoms with Gasteiger partial charge in [-0.1, -0.05) is 40.1 Å². The maximum Gasteiger partial charge on any atom is 0.113 e. The highest BCUT2D eigenvalue weighted by atomic mass is 35.5. The number of hydrogen-bond acceptors (Lipinski definition) is 3. The lowest BCUT2D eigenvalue weighted by atomic mass is 10.2. The molecule has 0 radical (unpaired) electrons. The monoisotopic (exact) mass is 284 g/mol. The second kappa shape index (κ2) is 5.21. The van der Waals surface area contributed by atoms with E-state index in [1.807, 2.05) is 24.3 Å². The Morgan fingerprint density at radius 3 is 2.95 bits per heavy atom. The number of azide groups is 1. The first-order valence-electron chi connectivity index (χ1n) is 5.89. The minimum absolute atomic E-state index is 0.440. The molecule has 0 bridgehead atoms. The quantitative estimate of drug-likeness (QED) is 0.413. The van der Waals surface area contributed by atoms with Gasteiger partial charge in [0.05, 0.1) is 12.1 Å². The van der Waals surface area contributed by atoms with Gasteiger partial charge in [-0.15, -0.1) is 5.10 Å². The molecule has 0 saturated carbocycles. The van der Waals surface area contributed by atoms with Crippen molar-refractivity contribution >= 4 is 28.3 Å². The highest BCUT2D eigenvalue weighted by Crippen LogP contribution is 2.25. The predicted octanol–water partition coefficient (Wildman–Crippen LogP) is 4.07. The number of benzene rings is 2. The maximum absolute atomic E-state index is 8.60. The Bertz CT molecular complexity index is 819. The summed E-state index contributed by atoms with van der Waals surface area (Å²) in [5.41, 5.74) is 11.7. The minimum Gasteiger partial charge on any atom is -0.240 e. The number of rotatable bonds is 3. The fourth-order valence-electron chi connectivity index (χ4n) is 2.02. The molecule has 0 spiro atoms. The van der Waals surface area contributed by atoms with E-state index in [1.54, 1.807) is 22.9 Å². The van der Waals surface area contributed by atoms with Gasteiger partial charge in [0.1, 0.15) is 5.52 Å². The van der Waals surface area contributed by atoms with Crippen LogP contribution < -0.4 is 0 Å². The van der Waals surface area contributed by atoms with Gasteiger partial charge >= 0.3 is 0 Å². The van der Waals surface area contributed by atoms with Crippen molar-refractivity contribution in [2.45, 2.75) is 6.54 Å². The highest BCUT2D eigenvalue weighted by molar-refractivity contribution is 6.30. The van der Waals surface area contributed by atoms with Crippen LogP contribution in [0.3, 0.4) is 0 Å². The van der Waals surface area contributed by atoms with E-state index >= 15 is 0 Å². The van der Waals surface area contributed by atoms with E-state index in [0.29, 0.717) is 17.3 Å². The SMILES string of the molecule is [N-]=[N+]=Nc1ccc(Cl)cc1Cn1nnc2ccccc21. The van der Waals surface area contributed by atoms with Crippen LogP contribution in [-0.2, 0) is 6.54 Å². The van der Waals surface area contributed by atoms with Crippen molar-refractivity contribution in [3.63, 3.8) is 0 Å². The molecule has 3 rings (SSSR count). The maximum atomic E-state index is 8.60. The Balaban J connectivity index is 2.06. The lowest BCUT2D eigenvalue weighted by molar-refractivity contribution is 0.670. The first-order valence-corrected chi connectivity index (χ1v) is 6.27. The normalized spacial score (nSPS) is 10.4. The van der Waals surface area contributed by atoms with E-state index in [9.17, 15) is 0 Å². The van der Waals surface area contributed by atoms with Crippen LogP contribution in [-0.4, -0.2) is 15.0 Å². The molecule has 0 aliphatic carbocycles. The fourth-order valence-corrected chi connectivity index (χ4v) is 2.22. The average Bonchev–Trinajstić information content (AvgIpc) is 2.86. The van der Waals surface area contributed by atoms with Crippen molar-refractivity contribution in [1.29, 1.82) is 0 Å². The number of nitrogens with zero attached hydrogens (tertiary/aromatic N) is 6. The van der Waals surface area contributed by atoms with E-state index in [1.165, 1.54) is 0 Å². The van der Waals surface area contributed by atoms with Crippen LogP contribution in [0, 0.1) is 0 Å². The molecule has 0 aliphatic rings. The minimum atomic E-state index is 0.440. The largest absolute Gasteiger partial charge is 0.240 e. The van der Waals surface area contributed by atoms with Gasteiger partial charge in [0, 0.05) is 15.6 Å². The molecule has 6 nitrogen and oxygen atoms in total. The molecule has 7 heteroatoms. The van der Waals surface area contributed by atoms with Crippen LogP contribution in [0.1, 0.15) is 5.56 Å². The second-order valence-electron chi connectivity index (χ2n) is 4.20. The lowest BCUT2D eigenvalue weighted by Gasteiger charge is -2.06. The molecule has 0 amide bonds. The molecule has 0 saturated heterocycles. The van der Waals surface area contributed by atoms with Crippen LogP contribution in [0.5, 0.6) is 0 Å². The van der Waals surface area contributed by atoms with Crippen molar-refractivity contribution in [3.8, 4) is 0 Å². The number of para-hydroxylation sites is 1. The van der Waals surface area contributed by atoms with Gasteiger partial charge in [-0.25, -0.2) is 4.68 Å². The van der Waals surface area contributed by atoms with E-state index in [-0.39, 0.29) is 0 Å². The Labute approximate surface area is 119 Å². The molecule has 0 atom stereocenters. The fraction of sp³-hybridized carbons (Fsp3) is 0.0769. The van der Waals surface area contributed by atoms with Crippen molar-refractivity contribution in [2.24, 2.45) is 5.11 Å². The zero-order valence-corrected chi connectivity index (χ0v) is 11.1. The molecule has 20 heavy (non-hydrogen) atoms. The number of hydrogen-bond donors (Lipinski definition) is 0. The Morgan fingerprint density at radius 1 is 1.25 bits per heavy atom. The molecule has 1 heterocycles. The zero-order valence-electron chi connectivity index (χ0n) is 10.3. The van der Waals surface area contributed by atoms with Gasteiger partial charge in [0.2, 0.25) is 0 Å². The van der Waals surface area contributed by atoms with E-state index in [2.05, 4.69) is 20.3 Å². The number of fused-ring (bicyclic) bond motifs is 1. The third-order valence-electron chi connectivity index (χ3n) is 2.93. The van der Waals surface area contributed by atoms with Crippen molar-refractivity contribution < 1.29 is 0 Å². The van der Waals surface area contributed by atoms with Crippen LogP contribution in [0.4, 0.5) is 5.69 Å². The topological polar surface area (TPSA) is 79.5 Å². The van der Waals surface area contributed by atoms with Gasteiger partial charge in [0.15, 0.2) is 0 Å². The molecular formula is C13H9ClN6. The van der Waals surface area contributed by atoms with E-state index in [4.69, 9.17) is 17.1 Å². The van der Waals surface area contributed by atoms with Gasteiger partial charge in [-0.3, -0.25) is 0 Å². The summed E-state index contributed by atoms with van der Waals surface area (Å²) >= 11 is 6.00. The van der Waals surface area contributed by atoms with Crippen molar-refractivity contribution in [3.05, 3.63) is 63.5 Å². The van der Waals surface area contributed by atoms with Crippen LogP contribution >= 0.6 is 11.6 Å². The van der Waals surface area contributed by atoms with Gasteiger partial charge in [-0.2, -0.15) is 0 Å². The molecule has 2 aromatic carbocycles. The Hall–Kier alpha value is -2.56. The Morgan fingerprint density at radius 2 is 2.10 bits per heavy atom. The Kier molecular flexibility index (Phi) is 3.25. The van der Waals surface area contributed by atoms with Gasteiger partial charge in [0.25, 0.3) is 0 Å². The molecule has 0 fully saturated rings. The zero-order chi connectivity index (χ0) is 13.9. The molecule has 0 unspecified atom stereocenters. The predicted molar refractivity (Wildman–Crippen MR) is 76.9 cm³/mol. The van der Waals surface area contributed by atoms with Crippen molar-refractivity contribution in [2.75, 3.05) is 0 Å². The summed E-state index contributed by atoms with van der Waals surface area (Å²) in [6.45, 7) is 0.440. The summed E-state index contributed by atoms with van der Waals surface area (Å²) in [5.74, 6) is 0. The number of halogens is 1. The van der Waals surface area contributed by atoms with Gasteiger partial charge in [-0.05, 0) is 35.4 Å². The third kappa shape index (κ3) is 2.30. The highest BCUT2D eigenvalue weighted by Gasteiger charge is 2.07. The van der Waals surface area contributed by atoms with Crippen LogP contribution in [0.2, 0.25) is 5.02 Å². The number of aromatic nitrogens is 3. The third-order valence-corrected chi connectivity index (χ3v) is 3.17. The average molecular weight is 285 g/mol. The lowest BCUT2D eigenvalue weighted by Crippen LogP contribution is -2.02. The van der Waals surface area contributed by atoms with Crippen LogP contribution in [0.25, 0.3) is 21.5 Å². The first-order chi connectivity index (χ1) is 9.78. The van der Waals surface area contributed by atoms with Crippen molar-refractivity contribution in [1.82, 2.24) is 15.0 Å². The summed E-state index contributed by atoms with van der Waals surface area (Å²) in [7, 11) is 0. The summed E-state index contributed by atoms with van der Waals surface area (Å²) in [4.78, 5) is 2.82. The summed E-state index contributed by atoms with van der Waals surface area (Å²) in [6.07, 6.45) is 0. The molecular weight excluding hydrogens is 276 g/mol. The second-order valence-corrected chi connectivity index (χ2v) is 4.63. The summed E-state index contributed by atoms with van der Waals surface area (Å²) < 4.78 is 1.75. The molecule has 3 aromatic rings. The molecule has 1 aromatic heterocycles. The van der Waals surface area contributed by atoms with Crippen LogP contribution in [0.15, 0.2) is 47.6 Å². The summed E-state index contributed by atoms with van der Waals surface area (Å²) in [6, 6.07) is 12.8. The first kappa shape index (κ1) is 12.5.